The highest BCUT2D eigenvalue weighted by Crippen LogP contribution is 2.13. The average Bonchev–Trinajstić information content (AvgIpc) is 2.02. The summed E-state index contributed by atoms with van der Waals surface area (Å²) in [6.45, 7) is 2.57. The lowest BCUT2D eigenvalue weighted by atomic mass is 10.1. The zero-order valence-electron chi connectivity index (χ0n) is 8.20. The summed E-state index contributed by atoms with van der Waals surface area (Å²) >= 11 is 5.39. The van der Waals surface area contributed by atoms with Crippen molar-refractivity contribution in [2.75, 3.05) is 18.2 Å². The fourth-order valence-electron chi connectivity index (χ4n) is 1.52. The van der Waals surface area contributed by atoms with Crippen LogP contribution in [0.15, 0.2) is 0 Å². The summed E-state index contributed by atoms with van der Waals surface area (Å²) in [4.78, 5) is 0. The van der Waals surface area contributed by atoms with Crippen molar-refractivity contribution in [2.24, 2.45) is 0 Å². The Balaban J connectivity index is 2.43. The molecule has 1 N–H and O–H groups in total. The molecule has 0 bridgehead atoms. The predicted octanol–water partition coefficient (Wildman–Crippen LogP) is 0.712. The second-order valence-electron chi connectivity index (χ2n) is 3.53. The minimum atomic E-state index is -3.19. The molecule has 1 aliphatic rings. The van der Waals surface area contributed by atoms with E-state index in [4.69, 9.17) is 16.3 Å². The lowest BCUT2D eigenvalue weighted by molar-refractivity contribution is 0.0173. The third-order valence-electron chi connectivity index (χ3n) is 2.18. The van der Waals surface area contributed by atoms with Gasteiger partial charge in [0.05, 0.1) is 11.9 Å². The zero-order valence-corrected chi connectivity index (χ0v) is 9.77. The number of ether oxygens (including phenoxy) is 1. The number of sulfonamides is 1. The molecule has 0 radical (unpaired) electrons. The van der Waals surface area contributed by atoms with E-state index in [9.17, 15) is 8.42 Å². The van der Waals surface area contributed by atoms with Crippen LogP contribution in [0.3, 0.4) is 0 Å². The molecule has 1 aliphatic heterocycles. The zero-order chi connectivity index (χ0) is 10.6. The SMILES string of the molecule is CC1CC(NS(=O)(=O)CCCl)CCO1. The molecule has 0 aliphatic carbocycles. The van der Waals surface area contributed by atoms with Crippen molar-refractivity contribution in [2.45, 2.75) is 31.9 Å². The van der Waals surface area contributed by atoms with E-state index in [2.05, 4.69) is 4.72 Å². The Hall–Kier alpha value is 0.160. The van der Waals surface area contributed by atoms with E-state index in [-0.39, 0.29) is 23.8 Å². The Morgan fingerprint density at radius 1 is 1.57 bits per heavy atom. The van der Waals surface area contributed by atoms with Crippen LogP contribution >= 0.6 is 11.6 Å². The molecule has 0 aromatic heterocycles. The third-order valence-corrected chi connectivity index (χ3v) is 4.02. The molecule has 1 heterocycles. The second kappa shape index (κ2) is 5.30. The van der Waals surface area contributed by atoms with Crippen LogP contribution in [0.25, 0.3) is 0 Å². The van der Waals surface area contributed by atoms with Gasteiger partial charge in [-0.25, -0.2) is 13.1 Å². The van der Waals surface area contributed by atoms with E-state index in [0.717, 1.165) is 12.8 Å². The quantitative estimate of drug-likeness (QED) is 0.738. The molecule has 1 rings (SSSR count). The van der Waals surface area contributed by atoms with Crippen molar-refractivity contribution in [3.8, 4) is 0 Å². The molecule has 1 fully saturated rings. The summed E-state index contributed by atoms with van der Waals surface area (Å²) in [5, 5.41) is 0. The fourth-order valence-corrected chi connectivity index (χ4v) is 3.17. The van der Waals surface area contributed by atoms with Gasteiger partial charge in [-0.2, -0.15) is 0 Å². The van der Waals surface area contributed by atoms with E-state index in [1.165, 1.54) is 0 Å². The van der Waals surface area contributed by atoms with E-state index in [0.29, 0.717) is 6.61 Å². The van der Waals surface area contributed by atoms with Crippen LogP contribution in [0, 0.1) is 0 Å². The molecule has 84 valence electrons. The summed E-state index contributed by atoms with van der Waals surface area (Å²) < 4.78 is 30.7. The van der Waals surface area contributed by atoms with Crippen LogP contribution in [0.5, 0.6) is 0 Å². The monoisotopic (exact) mass is 241 g/mol. The number of alkyl halides is 1. The lowest BCUT2D eigenvalue weighted by Gasteiger charge is -2.27. The Morgan fingerprint density at radius 3 is 2.86 bits per heavy atom. The minimum absolute atomic E-state index is 0.00645. The standard InChI is InChI=1S/C8H16ClNO3S/c1-7-6-8(2-4-13-7)10-14(11,12)5-3-9/h7-8,10H,2-6H2,1H3. The number of rotatable bonds is 4. The molecular formula is C8H16ClNO3S. The molecule has 2 unspecified atom stereocenters. The van der Waals surface area contributed by atoms with Crippen molar-refractivity contribution < 1.29 is 13.2 Å². The maximum atomic E-state index is 11.4. The molecule has 4 nitrogen and oxygen atoms in total. The summed E-state index contributed by atoms with van der Waals surface area (Å²) in [5.74, 6) is 0.119. The highest BCUT2D eigenvalue weighted by molar-refractivity contribution is 7.89. The maximum absolute atomic E-state index is 11.4. The Morgan fingerprint density at radius 2 is 2.29 bits per heavy atom. The van der Waals surface area contributed by atoms with Crippen LogP contribution in [0.2, 0.25) is 0 Å². The highest BCUT2D eigenvalue weighted by atomic mass is 35.5. The molecule has 6 heteroatoms. The predicted molar refractivity (Wildman–Crippen MR) is 56.1 cm³/mol. The first-order valence-electron chi connectivity index (χ1n) is 4.71. The number of halogens is 1. The van der Waals surface area contributed by atoms with E-state index < -0.39 is 10.0 Å². The number of hydrogen-bond donors (Lipinski definition) is 1. The van der Waals surface area contributed by atoms with Crippen LogP contribution in [-0.2, 0) is 14.8 Å². The topological polar surface area (TPSA) is 55.4 Å². The van der Waals surface area contributed by atoms with E-state index in [1.54, 1.807) is 0 Å². The Labute approximate surface area is 90.0 Å². The van der Waals surface area contributed by atoms with Crippen LogP contribution < -0.4 is 4.72 Å². The van der Waals surface area contributed by atoms with Crippen LogP contribution in [-0.4, -0.2) is 38.8 Å². The van der Waals surface area contributed by atoms with Crippen molar-refractivity contribution in [1.82, 2.24) is 4.72 Å². The van der Waals surface area contributed by atoms with Gasteiger partial charge >= 0.3 is 0 Å². The molecule has 0 aromatic carbocycles. The van der Waals surface area contributed by atoms with Gasteiger partial charge in [-0.05, 0) is 19.8 Å². The smallest absolute Gasteiger partial charge is 0.213 e. The van der Waals surface area contributed by atoms with Gasteiger partial charge in [0.25, 0.3) is 0 Å². The van der Waals surface area contributed by atoms with Crippen LogP contribution in [0.4, 0.5) is 0 Å². The summed E-state index contributed by atoms with van der Waals surface area (Å²) in [6.07, 6.45) is 1.61. The average molecular weight is 242 g/mol. The minimum Gasteiger partial charge on any atom is -0.378 e. The second-order valence-corrected chi connectivity index (χ2v) is 5.78. The Kier molecular flexibility index (Phi) is 4.63. The summed E-state index contributed by atoms with van der Waals surface area (Å²) in [7, 11) is -3.19. The molecule has 0 aromatic rings. The van der Waals surface area contributed by atoms with Gasteiger partial charge in [0.1, 0.15) is 0 Å². The molecule has 0 amide bonds. The van der Waals surface area contributed by atoms with Crippen molar-refractivity contribution >= 4 is 21.6 Å². The van der Waals surface area contributed by atoms with Crippen molar-refractivity contribution in [3.63, 3.8) is 0 Å². The first-order chi connectivity index (χ1) is 6.53. The molecule has 0 saturated carbocycles. The van der Waals surface area contributed by atoms with E-state index >= 15 is 0 Å². The summed E-state index contributed by atoms with van der Waals surface area (Å²) in [5.41, 5.74) is 0. The Bertz CT molecular complexity index is 268. The van der Waals surface area contributed by atoms with Gasteiger partial charge in [-0.1, -0.05) is 0 Å². The third kappa shape index (κ3) is 4.13. The van der Waals surface area contributed by atoms with Gasteiger partial charge in [0.15, 0.2) is 0 Å². The molecular weight excluding hydrogens is 226 g/mol. The number of nitrogens with one attached hydrogen (secondary N) is 1. The van der Waals surface area contributed by atoms with Crippen molar-refractivity contribution in [1.29, 1.82) is 0 Å². The first-order valence-corrected chi connectivity index (χ1v) is 6.90. The van der Waals surface area contributed by atoms with Gasteiger partial charge < -0.3 is 4.74 Å². The van der Waals surface area contributed by atoms with Gasteiger partial charge in [-0.15, -0.1) is 11.6 Å². The molecule has 14 heavy (non-hydrogen) atoms. The molecule has 1 saturated heterocycles. The van der Waals surface area contributed by atoms with Crippen molar-refractivity contribution in [3.05, 3.63) is 0 Å². The lowest BCUT2D eigenvalue weighted by Crippen LogP contribution is -2.42. The van der Waals surface area contributed by atoms with Gasteiger partial charge in [0.2, 0.25) is 10.0 Å². The van der Waals surface area contributed by atoms with Gasteiger partial charge in [0, 0.05) is 18.5 Å². The van der Waals surface area contributed by atoms with E-state index in [1.807, 2.05) is 6.92 Å². The molecule has 2 atom stereocenters. The summed E-state index contributed by atoms with van der Waals surface area (Å²) in [6, 6.07) is 0.00645. The van der Waals surface area contributed by atoms with Gasteiger partial charge in [-0.3, -0.25) is 0 Å². The first kappa shape index (κ1) is 12.2. The number of hydrogen-bond acceptors (Lipinski definition) is 3. The van der Waals surface area contributed by atoms with Crippen LogP contribution in [0.1, 0.15) is 19.8 Å². The largest absolute Gasteiger partial charge is 0.378 e. The highest BCUT2D eigenvalue weighted by Gasteiger charge is 2.23. The molecule has 0 spiro atoms. The normalized spacial score (nSPS) is 29.0. The maximum Gasteiger partial charge on any atom is 0.213 e. The fraction of sp³-hybridized carbons (Fsp3) is 1.00.